The van der Waals surface area contributed by atoms with Crippen molar-refractivity contribution in [3.8, 4) is 5.69 Å². The minimum atomic E-state index is -0.358. The summed E-state index contributed by atoms with van der Waals surface area (Å²) in [4.78, 5) is 16.6. The van der Waals surface area contributed by atoms with Crippen LogP contribution in [0.3, 0.4) is 0 Å². The zero-order valence-corrected chi connectivity index (χ0v) is 12.2. The second-order valence-corrected chi connectivity index (χ2v) is 5.52. The Balaban J connectivity index is 1.85. The van der Waals surface area contributed by atoms with Gasteiger partial charge in [0, 0.05) is 12.3 Å². The number of imidazole rings is 1. The minimum absolute atomic E-state index is 0.0931. The lowest BCUT2D eigenvalue weighted by atomic mass is 9.90. The Morgan fingerprint density at radius 3 is 2.61 bits per heavy atom. The molecule has 0 spiro atoms. The van der Waals surface area contributed by atoms with Gasteiger partial charge < -0.3 is 5.32 Å². The first-order valence-electron chi connectivity index (χ1n) is 7.41. The third-order valence-corrected chi connectivity index (χ3v) is 4.09. The SMILES string of the molecule is O=C1C[C@@H](c2ccccc2)c2ncn(-c3ccccc3F)c2N1. The molecule has 1 atom stereocenters. The van der Waals surface area contributed by atoms with Crippen LogP contribution >= 0.6 is 0 Å². The summed E-state index contributed by atoms with van der Waals surface area (Å²) in [6.07, 6.45) is 1.90. The number of amides is 1. The maximum absolute atomic E-state index is 14.1. The smallest absolute Gasteiger partial charge is 0.226 e. The number of hydrogen-bond acceptors (Lipinski definition) is 2. The Labute approximate surface area is 132 Å². The van der Waals surface area contributed by atoms with E-state index in [0.717, 1.165) is 11.3 Å². The number of rotatable bonds is 2. The Morgan fingerprint density at radius 2 is 1.83 bits per heavy atom. The number of hydrogen-bond donors (Lipinski definition) is 1. The molecule has 1 amide bonds. The normalized spacial score (nSPS) is 16.7. The molecular weight excluding hydrogens is 293 g/mol. The topological polar surface area (TPSA) is 46.9 Å². The van der Waals surface area contributed by atoms with Gasteiger partial charge in [0.1, 0.15) is 18.0 Å². The molecular formula is C18H14FN3O. The largest absolute Gasteiger partial charge is 0.310 e. The fourth-order valence-electron chi connectivity index (χ4n) is 3.00. The van der Waals surface area contributed by atoms with Gasteiger partial charge in [0.05, 0.1) is 11.4 Å². The predicted molar refractivity (Wildman–Crippen MR) is 85.1 cm³/mol. The number of carbonyl (C=O) groups is 1. The van der Waals surface area contributed by atoms with E-state index < -0.39 is 0 Å². The van der Waals surface area contributed by atoms with E-state index in [2.05, 4.69) is 10.3 Å². The van der Waals surface area contributed by atoms with E-state index in [1.807, 2.05) is 30.3 Å². The fourth-order valence-corrected chi connectivity index (χ4v) is 3.00. The highest BCUT2D eigenvalue weighted by Gasteiger charge is 2.31. The van der Waals surface area contributed by atoms with E-state index in [-0.39, 0.29) is 17.6 Å². The van der Waals surface area contributed by atoms with Gasteiger partial charge in [-0.05, 0) is 17.7 Å². The molecule has 0 bridgehead atoms. The van der Waals surface area contributed by atoms with E-state index in [9.17, 15) is 9.18 Å². The summed E-state index contributed by atoms with van der Waals surface area (Å²) in [6, 6.07) is 16.2. The first kappa shape index (κ1) is 13.7. The van der Waals surface area contributed by atoms with Gasteiger partial charge in [-0.15, -0.1) is 0 Å². The molecule has 0 radical (unpaired) electrons. The second-order valence-electron chi connectivity index (χ2n) is 5.52. The van der Waals surface area contributed by atoms with Crippen LogP contribution in [-0.4, -0.2) is 15.5 Å². The second kappa shape index (κ2) is 5.35. The molecule has 1 aromatic heterocycles. The summed E-state index contributed by atoms with van der Waals surface area (Å²) in [5.74, 6) is -0.0265. The van der Waals surface area contributed by atoms with Crippen molar-refractivity contribution in [2.75, 3.05) is 5.32 Å². The van der Waals surface area contributed by atoms with Crippen molar-refractivity contribution >= 4 is 11.7 Å². The number of nitrogens with one attached hydrogen (secondary N) is 1. The molecule has 1 N–H and O–H groups in total. The Morgan fingerprint density at radius 1 is 1.09 bits per heavy atom. The van der Waals surface area contributed by atoms with Gasteiger partial charge in [-0.1, -0.05) is 42.5 Å². The lowest BCUT2D eigenvalue weighted by Crippen LogP contribution is -2.25. The molecule has 5 heteroatoms. The summed E-state index contributed by atoms with van der Waals surface area (Å²) >= 11 is 0. The first-order valence-corrected chi connectivity index (χ1v) is 7.41. The van der Waals surface area contributed by atoms with Crippen LogP contribution in [0.1, 0.15) is 23.6 Å². The van der Waals surface area contributed by atoms with E-state index in [4.69, 9.17) is 0 Å². The van der Waals surface area contributed by atoms with E-state index in [0.29, 0.717) is 17.9 Å². The first-order chi connectivity index (χ1) is 11.2. The summed E-state index contributed by atoms with van der Waals surface area (Å²) in [7, 11) is 0. The number of para-hydroxylation sites is 1. The van der Waals surface area contributed by atoms with Crippen LogP contribution in [0.15, 0.2) is 60.9 Å². The summed E-state index contributed by atoms with van der Waals surface area (Å²) in [6.45, 7) is 0. The predicted octanol–water partition coefficient (Wildman–Crippen LogP) is 3.49. The standard InChI is InChI=1S/C18H14FN3O/c19-14-8-4-5-9-15(14)22-11-20-17-13(10-16(23)21-18(17)22)12-6-2-1-3-7-12/h1-9,11,13H,10H2,(H,21,23)/t13-/m0/s1. The highest BCUT2D eigenvalue weighted by molar-refractivity contribution is 5.94. The Hall–Kier alpha value is -2.95. The number of fused-ring (bicyclic) bond motifs is 1. The van der Waals surface area contributed by atoms with Gasteiger partial charge in [0.15, 0.2) is 0 Å². The lowest BCUT2D eigenvalue weighted by Gasteiger charge is -2.23. The van der Waals surface area contributed by atoms with E-state index >= 15 is 0 Å². The number of nitrogens with zero attached hydrogens (tertiary/aromatic N) is 2. The van der Waals surface area contributed by atoms with Crippen LogP contribution in [0.4, 0.5) is 10.2 Å². The average molecular weight is 307 g/mol. The number of carbonyl (C=O) groups excluding carboxylic acids is 1. The van der Waals surface area contributed by atoms with E-state index in [1.54, 1.807) is 29.1 Å². The van der Waals surface area contributed by atoms with Gasteiger partial charge in [0.2, 0.25) is 5.91 Å². The van der Waals surface area contributed by atoms with E-state index in [1.165, 1.54) is 6.07 Å². The summed E-state index contributed by atoms with van der Waals surface area (Å²) in [5.41, 5.74) is 2.16. The third-order valence-electron chi connectivity index (χ3n) is 4.09. The molecule has 0 fully saturated rings. The number of halogens is 1. The highest BCUT2D eigenvalue weighted by Crippen LogP contribution is 2.37. The van der Waals surface area contributed by atoms with Crippen LogP contribution in [0.2, 0.25) is 0 Å². The third kappa shape index (κ3) is 2.30. The van der Waals surface area contributed by atoms with Gasteiger partial charge in [-0.3, -0.25) is 9.36 Å². The molecule has 4 nitrogen and oxygen atoms in total. The molecule has 0 saturated carbocycles. The summed E-state index contributed by atoms with van der Waals surface area (Å²) < 4.78 is 15.7. The van der Waals surface area contributed by atoms with Crippen molar-refractivity contribution in [2.24, 2.45) is 0 Å². The molecule has 2 aromatic carbocycles. The van der Waals surface area contributed by atoms with Crippen LogP contribution < -0.4 is 5.32 Å². The molecule has 1 aliphatic rings. The molecule has 23 heavy (non-hydrogen) atoms. The molecule has 114 valence electrons. The highest BCUT2D eigenvalue weighted by atomic mass is 19.1. The van der Waals surface area contributed by atoms with Gasteiger partial charge in [-0.25, -0.2) is 9.37 Å². The average Bonchev–Trinajstić information content (AvgIpc) is 2.99. The van der Waals surface area contributed by atoms with Crippen molar-refractivity contribution in [3.05, 3.63) is 78.0 Å². The van der Waals surface area contributed by atoms with Gasteiger partial charge in [0.25, 0.3) is 0 Å². The zero-order chi connectivity index (χ0) is 15.8. The van der Waals surface area contributed by atoms with Crippen molar-refractivity contribution in [2.45, 2.75) is 12.3 Å². The monoisotopic (exact) mass is 307 g/mol. The minimum Gasteiger partial charge on any atom is -0.310 e. The molecule has 1 aliphatic heterocycles. The molecule has 0 unspecified atom stereocenters. The van der Waals surface area contributed by atoms with Crippen molar-refractivity contribution in [3.63, 3.8) is 0 Å². The molecule has 0 saturated heterocycles. The van der Waals surface area contributed by atoms with Crippen molar-refractivity contribution in [1.29, 1.82) is 0 Å². The Bertz CT molecular complexity index is 873. The number of benzene rings is 2. The quantitative estimate of drug-likeness (QED) is 0.788. The maximum Gasteiger partial charge on any atom is 0.226 e. The number of anilines is 1. The van der Waals surface area contributed by atoms with Crippen LogP contribution in [0.5, 0.6) is 0 Å². The van der Waals surface area contributed by atoms with Gasteiger partial charge in [-0.2, -0.15) is 0 Å². The molecule has 2 heterocycles. The molecule has 0 aliphatic carbocycles. The maximum atomic E-state index is 14.1. The van der Waals surface area contributed by atoms with Gasteiger partial charge >= 0.3 is 0 Å². The summed E-state index contributed by atoms with van der Waals surface area (Å²) in [5, 5.41) is 2.83. The van der Waals surface area contributed by atoms with Crippen LogP contribution in [0.25, 0.3) is 5.69 Å². The van der Waals surface area contributed by atoms with Crippen molar-refractivity contribution in [1.82, 2.24) is 9.55 Å². The molecule has 4 rings (SSSR count). The molecule has 3 aromatic rings. The zero-order valence-electron chi connectivity index (χ0n) is 12.2. The van der Waals surface area contributed by atoms with Crippen molar-refractivity contribution < 1.29 is 9.18 Å². The lowest BCUT2D eigenvalue weighted by molar-refractivity contribution is -0.116. The van der Waals surface area contributed by atoms with Crippen LogP contribution in [0, 0.1) is 5.82 Å². The van der Waals surface area contributed by atoms with Crippen LogP contribution in [-0.2, 0) is 4.79 Å². The Kier molecular flexibility index (Phi) is 3.19. The number of aromatic nitrogens is 2. The fraction of sp³-hybridized carbons (Fsp3) is 0.111.